The van der Waals surface area contributed by atoms with Crippen LogP contribution in [0.2, 0.25) is 0 Å². The largest absolute Gasteiger partial charge is 0.490 e. The number of benzene rings is 16. The fraction of sp³-hybridized carbons (Fsp3) is 0.0204. The summed E-state index contributed by atoms with van der Waals surface area (Å²) >= 11 is 7.20. The van der Waals surface area contributed by atoms with Gasteiger partial charge in [0.25, 0.3) is 13.4 Å². The third kappa shape index (κ3) is 9.77. The summed E-state index contributed by atoms with van der Waals surface area (Å²) in [6, 6.07) is 136. The maximum Gasteiger partial charge on any atom is 0.490 e. The van der Waals surface area contributed by atoms with E-state index in [4.69, 9.17) is 20.9 Å². The molecule has 2 N–H and O–H groups in total. The van der Waals surface area contributed by atoms with Gasteiger partial charge in [0.2, 0.25) is 6.71 Å². The summed E-state index contributed by atoms with van der Waals surface area (Å²) in [7, 11) is -7.01. The van der Waals surface area contributed by atoms with Gasteiger partial charge in [0.05, 0.1) is 16.6 Å². The van der Waals surface area contributed by atoms with Crippen LogP contribution in [0, 0.1) is 0 Å². The monoisotopic (exact) mass is 1490 g/mol. The summed E-state index contributed by atoms with van der Waals surface area (Å²) in [6.45, 7) is 0.318. The summed E-state index contributed by atoms with van der Waals surface area (Å²) < 4.78 is 17.9. The van der Waals surface area contributed by atoms with E-state index in [1.807, 2.05) is 54.6 Å². The first-order chi connectivity index (χ1) is 54.4. The van der Waals surface area contributed by atoms with E-state index in [1.165, 1.54) is 129 Å². The van der Waals surface area contributed by atoms with E-state index in [0.29, 0.717) is 5.46 Å². The second-order valence-corrected chi connectivity index (χ2v) is 37.4. The van der Waals surface area contributed by atoms with Crippen molar-refractivity contribution >= 4 is 212 Å². The van der Waals surface area contributed by atoms with E-state index in [9.17, 15) is 10.0 Å². The maximum atomic E-state index is 9.76. The van der Waals surface area contributed by atoms with Gasteiger partial charge < -0.3 is 28.7 Å². The van der Waals surface area contributed by atoms with Gasteiger partial charge in [-0.25, -0.2) is 0 Å². The van der Waals surface area contributed by atoms with Crippen molar-refractivity contribution in [2.75, 3.05) is 0 Å². The van der Waals surface area contributed by atoms with Gasteiger partial charge in [0.15, 0.2) is 16.1 Å². The highest BCUT2D eigenvalue weighted by Crippen LogP contribution is 2.35. The predicted octanol–water partition coefficient (Wildman–Crippen LogP) is 8.32. The molecule has 8 heterocycles. The molecule has 6 aliphatic heterocycles. The number of hydrogen-bond acceptors (Lipinski definition) is 4. The zero-order valence-corrected chi connectivity index (χ0v) is 62.4. The lowest BCUT2D eigenvalue weighted by Crippen LogP contribution is -2.93. The number of fused-ring (bicyclic) bond motifs is 26. The Kier molecular flexibility index (Phi) is 16.6. The summed E-state index contributed by atoms with van der Waals surface area (Å²) in [6.07, 6.45) is -0.151. The number of ether oxygens (including phenoxy) is 2. The van der Waals surface area contributed by atoms with E-state index in [1.54, 1.807) is 6.07 Å². The van der Waals surface area contributed by atoms with Gasteiger partial charge in [0, 0.05) is 43.9 Å². The number of halogens is 1. The van der Waals surface area contributed by atoms with Crippen molar-refractivity contribution in [3.8, 4) is 34.4 Å². The number of aromatic nitrogens is 2. The van der Waals surface area contributed by atoms with Crippen molar-refractivity contribution < 1.29 is 19.5 Å². The molecule has 0 unspecified atom stereocenters. The Balaban J connectivity index is 0.000000119. The number of hydrogen-bond donors (Lipinski definition) is 2. The van der Waals surface area contributed by atoms with Gasteiger partial charge in [-0.2, -0.15) is 11.5 Å². The molecule has 112 heavy (non-hydrogen) atoms. The van der Waals surface area contributed by atoms with Crippen molar-refractivity contribution in [3.05, 3.63) is 376 Å². The van der Waals surface area contributed by atoms with Gasteiger partial charge >= 0.3 is 13.2 Å². The lowest BCUT2D eigenvalue weighted by Gasteiger charge is -2.48. The van der Waals surface area contributed by atoms with Crippen molar-refractivity contribution in [2.24, 2.45) is 0 Å². The highest BCUT2D eigenvalue weighted by Gasteiger charge is 2.59. The Bertz CT molecular complexity index is 6740. The zero-order chi connectivity index (χ0) is 72.9. The van der Waals surface area contributed by atoms with Gasteiger partial charge in [0.1, 0.15) is 23.0 Å². The SMILES string of the molecule is C.C.ClB1c2ccccc2[Si]2(c3ccccc31)c1ccccc1B1c3ccccc3Oc3cccc2c31.OB(O)c1cccc2c3ccccc3n(-c3ccccc3)c12.c1ccc(-n2c3ccccc3c3cccc(B4c5ccccc5[Si]5(c6ccccc6B6c7ccccc7Oc7cccc5c76)c5ccccc54)c32)cc1. The van der Waals surface area contributed by atoms with Gasteiger partial charge in [-0.05, 0) is 129 Å². The van der Waals surface area contributed by atoms with Crippen LogP contribution in [0.1, 0.15) is 14.9 Å². The first kappa shape index (κ1) is 68.9. The molecule has 0 saturated heterocycles. The van der Waals surface area contributed by atoms with E-state index >= 15 is 0 Å². The molecule has 14 heteroatoms. The quantitative estimate of drug-likeness (QED) is 0.174. The topological polar surface area (TPSA) is 68.8 Å². The van der Waals surface area contributed by atoms with E-state index in [-0.39, 0.29) is 41.1 Å². The fourth-order valence-corrected chi connectivity index (χ4v) is 32.6. The van der Waals surface area contributed by atoms with E-state index < -0.39 is 23.3 Å². The number of nitrogens with zero attached hydrogens (tertiary/aromatic N) is 2. The number of rotatable bonds is 4. The lowest BCUT2D eigenvalue weighted by atomic mass is 9.35. The van der Waals surface area contributed by atoms with Crippen LogP contribution in [-0.2, 0) is 0 Å². The third-order valence-electron chi connectivity index (χ3n) is 24.5. The molecule has 0 aliphatic carbocycles. The van der Waals surface area contributed by atoms with Crippen LogP contribution in [-0.4, -0.2) is 68.7 Å². The van der Waals surface area contributed by atoms with Crippen LogP contribution in [0.5, 0.6) is 23.0 Å². The van der Waals surface area contributed by atoms with Gasteiger partial charge in [-0.15, -0.1) is 0 Å². The van der Waals surface area contributed by atoms with Crippen LogP contribution in [0.4, 0.5) is 0 Å². The van der Waals surface area contributed by atoms with Crippen molar-refractivity contribution in [1.29, 1.82) is 0 Å². The van der Waals surface area contributed by atoms with E-state index in [2.05, 4.69) is 325 Å². The highest BCUT2D eigenvalue weighted by atomic mass is 35.5. The van der Waals surface area contributed by atoms with Crippen molar-refractivity contribution in [2.45, 2.75) is 14.9 Å². The number of para-hydroxylation sites is 8. The maximum absolute atomic E-state index is 9.76. The first-order valence-electron chi connectivity index (χ1n) is 37.9. The summed E-state index contributed by atoms with van der Waals surface area (Å²) in [4.78, 5) is 0. The molecule has 16 aromatic carbocycles. The average molecular weight is 1490 g/mol. The Morgan fingerprint density at radius 2 is 0.554 bits per heavy atom. The first-order valence-corrected chi connectivity index (χ1v) is 42.4. The molecule has 0 radical (unpaired) electrons. The zero-order valence-electron chi connectivity index (χ0n) is 59.7. The van der Waals surface area contributed by atoms with Crippen LogP contribution < -0.4 is 117 Å². The standard InChI is InChI=1S/C48H31B2NOSi.C30H19B2ClOSi.C18H14BNO2.2CH4/c1-2-16-32(17-3-1)51-40-25-9-4-18-33(40)34-19-14-24-39(48(34)51)49-36-21-6-11-28-43(36)53(44-29-12-7-22-37(44)49)45-30-13-8-23-38(45)50-35-20-5-10-26-41(35)52-42-27-15-31-46(53)47(42)50;33-32-22-12-3-7-17-27(22)35(28-18-8-4-13-23(28)32)26-16-6-2-11-21(26)31-20-10-1-5-14-24(20)34-25-15-9-19-29(35)30(25)31;21-19(22)16-11-6-10-15-14-9-4-5-12-17(14)20(18(15)16)13-7-2-1-3-8-13;;/h1-31H;1-19H;1-12,21-22H;2*1H4. The van der Waals surface area contributed by atoms with Gasteiger partial charge in [-0.3, -0.25) is 0 Å². The van der Waals surface area contributed by atoms with E-state index in [0.717, 1.165) is 50.5 Å². The molecule has 0 fully saturated rings. The average Bonchev–Trinajstić information content (AvgIpc) is 0.738. The summed E-state index contributed by atoms with van der Waals surface area (Å²) in [5, 5.41) is 35.8. The van der Waals surface area contributed by atoms with Crippen LogP contribution >= 0.6 is 11.5 Å². The molecule has 2 aromatic heterocycles. The molecule has 2 spiro atoms. The Labute approximate surface area is 660 Å². The summed E-state index contributed by atoms with van der Waals surface area (Å²) in [5.41, 5.74) is 21.7. The van der Waals surface area contributed by atoms with Gasteiger partial charge in [-0.1, -0.05) is 363 Å². The van der Waals surface area contributed by atoms with Crippen molar-refractivity contribution in [1.82, 2.24) is 9.13 Å². The van der Waals surface area contributed by atoms with Crippen LogP contribution in [0.3, 0.4) is 0 Å². The fourth-order valence-electron chi connectivity index (χ4n) is 20.4. The molecule has 0 amide bonds. The smallest absolute Gasteiger partial charge is 0.458 e. The van der Waals surface area contributed by atoms with Crippen molar-refractivity contribution in [3.63, 3.8) is 0 Å². The Morgan fingerprint density at radius 3 is 0.991 bits per heavy atom. The molecule has 24 rings (SSSR count). The second kappa shape index (κ2) is 27.0. The molecule has 0 bridgehead atoms. The molecule has 0 atom stereocenters. The van der Waals surface area contributed by atoms with Crippen LogP contribution in [0.25, 0.3) is 55.0 Å². The summed E-state index contributed by atoms with van der Waals surface area (Å²) in [5.74, 6) is 3.89. The molecule has 18 aromatic rings. The Morgan fingerprint density at radius 1 is 0.259 bits per heavy atom. The minimum atomic E-state index is -2.87. The molecular weight excluding hydrogens is 1410 g/mol. The molecule has 528 valence electrons. The lowest BCUT2D eigenvalue weighted by molar-refractivity contribution is 0.426. The predicted molar refractivity (Wildman–Crippen MR) is 483 cm³/mol. The minimum Gasteiger partial charge on any atom is -0.458 e. The second-order valence-electron chi connectivity index (χ2n) is 29.6. The third-order valence-corrected chi connectivity index (χ3v) is 35.0. The normalized spacial score (nSPS) is 13.7. The van der Waals surface area contributed by atoms with Crippen LogP contribution in [0.15, 0.2) is 376 Å². The molecule has 6 aliphatic rings. The molecule has 0 saturated carbocycles. The molecule has 6 nitrogen and oxygen atoms in total. The minimum absolute atomic E-state index is 0. The Hall–Kier alpha value is -12.3. The molecular formula is C98H72B5ClN2O4Si2. The highest BCUT2D eigenvalue weighted by molar-refractivity contribution is 7.35.